The maximum Gasteiger partial charge on any atom is 0.320 e. The Bertz CT molecular complexity index is 294. The van der Waals surface area contributed by atoms with E-state index in [2.05, 4.69) is 12.2 Å². The number of carbonyl (C=O) groups is 2. The number of urea groups is 1. The molecule has 0 aromatic heterocycles. The molecule has 1 aliphatic heterocycles. The fourth-order valence-electron chi connectivity index (χ4n) is 2.21. The lowest BCUT2D eigenvalue weighted by molar-refractivity contribution is -0.121. The minimum atomic E-state index is -0.0854. The van der Waals surface area contributed by atoms with Crippen molar-refractivity contribution in [3.05, 3.63) is 0 Å². The van der Waals surface area contributed by atoms with Crippen molar-refractivity contribution in [2.45, 2.75) is 33.1 Å². The molecule has 1 aliphatic rings. The zero-order valence-corrected chi connectivity index (χ0v) is 11.7. The molecular formula is C13H25N3O2. The molecule has 0 aromatic rings. The van der Waals surface area contributed by atoms with Gasteiger partial charge < -0.3 is 15.1 Å². The van der Waals surface area contributed by atoms with Gasteiger partial charge in [-0.3, -0.25) is 4.79 Å². The summed E-state index contributed by atoms with van der Waals surface area (Å²) >= 11 is 0. The van der Waals surface area contributed by atoms with E-state index in [9.17, 15) is 9.59 Å². The highest BCUT2D eigenvalue weighted by molar-refractivity contribution is 5.83. The summed E-state index contributed by atoms with van der Waals surface area (Å²) in [6, 6.07) is -0.0341. The van der Waals surface area contributed by atoms with Crippen molar-refractivity contribution >= 4 is 11.9 Å². The Balaban J connectivity index is 2.38. The highest BCUT2D eigenvalue weighted by Crippen LogP contribution is 2.16. The first-order chi connectivity index (χ1) is 8.54. The summed E-state index contributed by atoms with van der Waals surface area (Å²) in [6.45, 7) is 6.59. The molecule has 0 bridgehead atoms. The highest BCUT2D eigenvalue weighted by Gasteiger charge is 2.24. The van der Waals surface area contributed by atoms with Crippen molar-refractivity contribution in [2.75, 3.05) is 33.2 Å². The number of hydrogen-bond donors (Lipinski definition) is 1. The largest absolute Gasteiger partial charge is 0.355 e. The molecule has 0 spiro atoms. The number of hydrogen-bond acceptors (Lipinski definition) is 2. The zero-order chi connectivity index (χ0) is 13.5. The first kappa shape index (κ1) is 14.8. The van der Waals surface area contributed by atoms with Gasteiger partial charge in [-0.25, -0.2) is 4.79 Å². The number of nitrogens with one attached hydrogen (secondary N) is 1. The van der Waals surface area contributed by atoms with Crippen LogP contribution >= 0.6 is 0 Å². The molecule has 1 rings (SSSR count). The number of piperidine rings is 1. The third-order valence-electron chi connectivity index (χ3n) is 3.21. The maximum absolute atomic E-state index is 12.1. The van der Waals surface area contributed by atoms with Crippen LogP contribution in [-0.4, -0.2) is 55.0 Å². The first-order valence-corrected chi connectivity index (χ1v) is 6.81. The summed E-state index contributed by atoms with van der Waals surface area (Å²) in [6.07, 6.45) is 3.15. The van der Waals surface area contributed by atoms with Gasteiger partial charge in [-0.1, -0.05) is 13.8 Å². The number of rotatable bonds is 4. The Kier molecular flexibility index (Phi) is 5.95. The molecule has 1 fully saturated rings. The van der Waals surface area contributed by atoms with Crippen LogP contribution in [0.1, 0.15) is 33.1 Å². The van der Waals surface area contributed by atoms with Crippen molar-refractivity contribution in [3.63, 3.8) is 0 Å². The number of amides is 3. The predicted octanol–water partition coefficient (Wildman–Crippen LogP) is 1.30. The average molecular weight is 255 g/mol. The first-order valence-electron chi connectivity index (χ1n) is 6.81. The SMILES string of the molecule is CCCNC(=O)CN(C)C(=O)N1CCCC(C)C1. The van der Waals surface area contributed by atoms with E-state index in [0.717, 1.165) is 25.9 Å². The van der Waals surface area contributed by atoms with Gasteiger partial charge in [0, 0.05) is 26.7 Å². The molecular weight excluding hydrogens is 230 g/mol. The third kappa shape index (κ3) is 4.55. The predicted molar refractivity (Wildman–Crippen MR) is 71.3 cm³/mol. The lowest BCUT2D eigenvalue weighted by Gasteiger charge is -2.33. The van der Waals surface area contributed by atoms with Gasteiger partial charge in [0.1, 0.15) is 6.54 Å². The summed E-state index contributed by atoms with van der Waals surface area (Å²) in [5, 5.41) is 2.78. The lowest BCUT2D eigenvalue weighted by atomic mass is 10.0. The maximum atomic E-state index is 12.1. The molecule has 0 radical (unpaired) electrons. The minimum Gasteiger partial charge on any atom is -0.355 e. The van der Waals surface area contributed by atoms with Gasteiger partial charge in [0.15, 0.2) is 0 Å². The van der Waals surface area contributed by atoms with E-state index in [0.29, 0.717) is 12.5 Å². The smallest absolute Gasteiger partial charge is 0.320 e. The molecule has 104 valence electrons. The minimum absolute atomic E-state index is 0.0341. The van der Waals surface area contributed by atoms with Crippen molar-refractivity contribution < 1.29 is 9.59 Å². The summed E-state index contributed by atoms with van der Waals surface area (Å²) in [5.74, 6) is 0.475. The molecule has 3 amide bonds. The zero-order valence-electron chi connectivity index (χ0n) is 11.7. The Morgan fingerprint density at radius 1 is 1.44 bits per heavy atom. The van der Waals surface area contributed by atoms with Crippen LogP contribution in [0.15, 0.2) is 0 Å². The highest BCUT2D eigenvalue weighted by atomic mass is 16.2. The Morgan fingerprint density at radius 2 is 2.17 bits per heavy atom. The molecule has 1 atom stereocenters. The summed E-state index contributed by atoms with van der Waals surface area (Å²) in [4.78, 5) is 27.0. The van der Waals surface area contributed by atoms with Gasteiger partial charge in [-0.2, -0.15) is 0 Å². The number of nitrogens with zero attached hydrogens (tertiary/aromatic N) is 2. The summed E-state index contributed by atoms with van der Waals surface area (Å²) in [7, 11) is 1.69. The molecule has 18 heavy (non-hydrogen) atoms. The van der Waals surface area contributed by atoms with Gasteiger partial charge in [-0.05, 0) is 25.2 Å². The van der Waals surface area contributed by atoms with Crippen LogP contribution in [-0.2, 0) is 4.79 Å². The van der Waals surface area contributed by atoms with E-state index < -0.39 is 0 Å². The number of likely N-dealkylation sites (N-methyl/N-ethyl adjacent to an activating group) is 1. The Labute approximate surface area is 110 Å². The van der Waals surface area contributed by atoms with Crippen LogP contribution in [0.5, 0.6) is 0 Å². The van der Waals surface area contributed by atoms with E-state index in [1.807, 2.05) is 11.8 Å². The monoisotopic (exact) mass is 255 g/mol. The quantitative estimate of drug-likeness (QED) is 0.823. The van der Waals surface area contributed by atoms with Crippen molar-refractivity contribution in [2.24, 2.45) is 5.92 Å². The molecule has 0 aliphatic carbocycles. The van der Waals surface area contributed by atoms with Gasteiger partial charge in [0.2, 0.25) is 5.91 Å². The van der Waals surface area contributed by atoms with Gasteiger partial charge >= 0.3 is 6.03 Å². The van der Waals surface area contributed by atoms with E-state index in [-0.39, 0.29) is 18.5 Å². The van der Waals surface area contributed by atoms with Crippen LogP contribution < -0.4 is 5.32 Å². The molecule has 5 heteroatoms. The van der Waals surface area contributed by atoms with Crippen molar-refractivity contribution in [3.8, 4) is 0 Å². The van der Waals surface area contributed by atoms with Gasteiger partial charge in [0.25, 0.3) is 0 Å². The van der Waals surface area contributed by atoms with Gasteiger partial charge in [0.05, 0.1) is 0 Å². The van der Waals surface area contributed by atoms with Crippen LogP contribution in [0.2, 0.25) is 0 Å². The second-order valence-electron chi connectivity index (χ2n) is 5.18. The topological polar surface area (TPSA) is 52.7 Å². The lowest BCUT2D eigenvalue weighted by Crippen LogP contribution is -2.48. The van der Waals surface area contributed by atoms with E-state index >= 15 is 0 Å². The molecule has 5 nitrogen and oxygen atoms in total. The van der Waals surface area contributed by atoms with Crippen LogP contribution in [0.4, 0.5) is 4.79 Å². The van der Waals surface area contributed by atoms with E-state index in [1.54, 1.807) is 7.05 Å². The second kappa shape index (κ2) is 7.24. The average Bonchev–Trinajstić information content (AvgIpc) is 2.35. The molecule has 0 saturated carbocycles. The molecule has 1 saturated heterocycles. The Morgan fingerprint density at radius 3 is 2.78 bits per heavy atom. The van der Waals surface area contributed by atoms with Crippen molar-refractivity contribution in [1.82, 2.24) is 15.1 Å². The van der Waals surface area contributed by atoms with Crippen LogP contribution in [0.3, 0.4) is 0 Å². The third-order valence-corrected chi connectivity index (χ3v) is 3.21. The molecule has 1 N–H and O–H groups in total. The molecule has 1 unspecified atom stereocenters. The van der Waals surface area contributed by atoms with Crippen LogP contribution in [0.25, 0.3) is 0 Å². The van der Waals surface area contributed by atoms with E-state index in [4.69, 9.17) is 0 Å². The fourth-order valence-corrected chi connectivity index (χ4v) is 2.21. The summed E-state index contributed by atoms with van der Waals surface area (Å²) in [5.41, 5.74) is 0. The second-order valence-corrected chi connectivity index (χ2v) is 5.18. The van der Waals surface area contributed by atoms with Crippen molar-refractivity contribution in [1.29, 1.82) is 0 Å². The van der Waals surface area contributed by atoms with E-state index in [1.165, 1.54) is 11.3 Å². The standard InChI is InChI=1S/C13H25N3O2/c1-4-7-14-12(17)10-15(3)13(18)16-8-5-6-11(2)9-16/h11H,4-10H2,1-3H3,(H,14,17). The fraction of sp³-hybridized carbons (Fsp3) is 0.846. The Hall–Kier alpha value is -1.26. The van der Waals surface area contributed by atoms with Gasteiger partial charge in [-0.15, -0.1) is 0 Å². The normalized spacial score (nSPS) is 19.5. The molecule has 1 heterocycles. The number of likely N-dealkylation sites (tertiary alicyclic amines) is 1. The molecule has 0 aromatic carbocycles. The summed E-state index contributed by atoms with van der Waals surface area (Å²) < 4.78 is 0. The number of carbonyl (C=O) groups excluding carboxylic acids is 2. The van der Waals surface area contributed by atoms with Crippen LogP contribution in [0, 0.1) is 5.92 Å².